The lowest BCUT2D eigenvalue weighted by atomic mass is 9.95. The molecule has 9 nitrogen and oxygen atoms in total. The summed E-state index contributed by atoms with van der Waals surface area (Å²) < 4.78 is 13.5. The molecule has 3 N–H and O–H groups in total. The Labute approximate surface area is 231 Å². The summed E-state index contributed by atoms with van der Waals surface area (Å²) in [5.41, 5.74) is 3.40. The maximum absolute atomic E-state index is 12.5. The second kappa shape index (κ2) is 12.9. The number of amides is 1. The zero-order chi connectivity index (χ0) is 28.0. The summed E-state index contributed by atoms with van der Waals surface area (Å²) in [6.45, 7) is 6.92. The number of rotatable bonds is 12. The van der Waals surface area contributed by atoms with Crippen LogP contribution in [0.25, 0.3) is 0 Å². The van der Waals surface area contributed by atoms with Gasteiger partial charge < -0.3 is 24.7 Å². The summed E-state index contributed by atoms with van der Waals surface area (Å²) in [4.78, 5) is 23.6. The molecule has 3 aromatic rings. The summed E-state index contributed by atoms with van der Waals surface area (Å²) in [6, 6.07) is 14.9. The number of anilines is 1. The van der Waals surface area contributed by atoms with Crippen molar-refractivity contribution in [2.24, 2.45) is 5.92 Å². The fraction of sp³-hybridized carbons (Fsp3) is 0.483. The molecule has 0 unspecified atom stereocenters. The van der Waals surface area contributed by atoms with Gasteiger partial charge in [-0.3, -0.25) is 9.48 Å². The SMILES string of the molecule is COc1ccc(C(=O)Nc2ccc(CC[C@H]3O[C@@H](CCn4cc(CCO)nn4)[C@H]([Si](C)(C)O)[C@H]3C)cc2)cc1. The van der Waals surface area contributed by atoms with Crippen molar-refractivity contribution < 1.29 is 24.2 Å². The van der Waals surface area contributed by atoms with Crippen LogP contribution in [-0.4, -0.2) is 65.0 Å². The fourth-order valence-corrected chi connectivity index (χ4v) is 8.28. The number of aliphatic hydroxyl groups excluding tert-OH is 1. The number of hydrogen-bond donors (Lipinski definition) is 3. The average molecular weight is 553 g/mol. The Hall–Kier alpha value is -3.05. The second-order valence-electron chi connectivity index (χ2n) is 10.9. The van der Waals surface area contributed by atoms with Crippen LogP contribution in [0.2, 0.25) is 18.6 Å². The number of aromatic nitrogens is 3. The zero-order valence-electron chi connectivity index (χ0n) is 23.2. The summed E-state index contributed by atoms with van der Waals surface area (Å²) in [7, 11) is -0.857. The number of benzene rings is 2. The molecular weight excluding hydrogens is 512 g/mol. The van der Waals surface area contributed by atoms with E-state index >= 15 is 0 Å². The number of hydrogen-bond acceptors (Lipinski definition) is 7. The fourth-order valence-electron chi connectivity index (χ4n) is 5.63. The first kappa shape index (κ1) is 28.9. The van der Waals surface area contributed by atoms with Gasteiger partial charge in [-0.1, -0.05) is 24.3 Å². The van der Waals surface area contributed by atoms with Crippen LogP contribution in [0.15, 0.2) is 54.7 Å². The molecule has 0 radical (unpaired) electrons. The quantitative estimate of drug-likeness (QED) is 0.290. The Balaban J connectivity index is 1.32. The van der Waals surface area contributed by atoms with E-state index < -0.39 is 8.32 Å². The molecule has 1 aliphatic rings. The van der Waals surface area contributed by atoms with Crippen molar-refractivity contribution in [2.45, 2.75) is 70.0 Å². The van der Waals surface area contributed by atoms with Gasteiger partial charge in [0.2, 0.25) is 0 Å². The standard InChI is InChI=1S/C29H40N4O5Si/c1-20-26(38-27(28(20)39(3,4)36)15-17-33-19-24(16-18-34)31-32-33)14-7-21-5-10-23(11-6-21)30-29(35)22-8-12-25(37-2)13-9-22/h5-6,8-13,19-20,26-28,34,36H,7,14-18H2,1-4H3,(H,30,35)/t20-,26+,27-,28+/m0/s1. The largest absolute Gasteiger partial charge is 0.497 e. The predicted molar refractivity (Wildman–Crippen MR) is 152 cm³/mol. The molecule has 0 spiro atoms. The summed E-state index contributed by atoms with van der Waals surface area (Å²) in [5, 5.41) is 20.3. The highest BCUT2D eigenvalue weighted by molar-refractivity contribution is 6.71. The third kappa shape index (κ3) is 7.54. The lowest BCUT2D eigenvalue weighted by molar-refractivity contribution is 0.0245. The van der Waals surface area contributed by atoms with Crippen molar-refractivity contribution in [3.05, 3.63) is 71.5 Å². The highest BCUT2D eigenvalue weighted by atomic mass is 28.4. The number of methoxy groups -OCH3 is 1. The van der Waals surface area contributed by atoms with E-state index in [2.05, 4.69) is 22.6 Å². The first-order chi connectivity index (χ1) is 18.7. The van der Waals surface area contributed by atoms with Crippen molar-refractivity contribution in [2.75, 3.05) is 19.0 Å². The Kier molecular flexibility index (Phi) is 9.55. The van der Waals surface area contributed by atoms with Crippen LogP contribution >= 0.6 is 0 Å². The number of aliphatic hydroxyl groups is 1. The minimum Gasteiger partial charge on any atom is -0.497 e. The van der Waals surface area contributed by atoms with Crippen LogP contribution in [-0.2, 0) is 24.1 Å². The van der Waals surface area contributed by atoms with E-state index in [9.17, 15) is 9.59 Å². The van der Waals surface area contributed by atoms with Crippen LogP contribution in [0.5, 0.6) is 5.75 Å². The minimum absolute atomic E-state index is 0.0299. The molecule has 210 valence electrons. The van der Waals surface area contributed by atoms with Gasteiger partial charge in [0.05, 0.1) is 25.0 Å². The van der Waals surface area contributed by atoms with E-state index in [0.29, 0.717) is 24.3 Å². The molecule has 0 saturated carbocycles. The van der Waals surface area contributed by atoms with Gasteiger partial charge in [0.25, 0.3) is 5.91 Å². The molecule has 10 heteroatoms. The van der Waals surface area contributed by atoms with Crippen molar-refractivity contribution in [1.29, 1.82) is 0 Å². The van der Waals surface area contributed by atoms with Crippen LogP contribution in [0, 0.1) is 5.92 Å². The van der Waals surface area contributed by atoms with Crippen molar-refractivity contribution in [3.63, 3.8) is 0 Å². The Morgan fingerprint density at radius 2 is 1.79 bits per heavy atom. The van der Waals surface area contributed by atoms with Crippen molar-refractivity contribution >= 4 is 19.9 Å². The molecule has 1 aliphatic heterocycles. The Morgan fingerprint density at radius 1 is 1.08 bits per heavy atom. The molecule has 2 heterocycles. The van der Waals surface area contributed by atoms with E-state index in [0.717, 1.165) is 30.6 Å². The number of aryl methyl sites for hydroxylation is 2. The minimum atomic E-state index is -2.45. The van der Waals surface area contributed by atoms with Gasteiger partial charge in [-0.25, -0.2) is 0 Å². The third-order valence-corrected chi connectivity index (χ3v) is 10.1. The first-order valence-corrected chi connectivity index (χ1v) is 16.6. The van der Waals surface area contributed by atoms with E-state index in [-0.39, 0.29) is 36.2 Å². The molecule has 4 rings (SSSR count). The van der Waals surface area contributed by atoms with E-state index in [1.807, 2.05) is 43.6 Å². The number of ether oxygens (including phenoxy) is 2. The number of carbonyl (C=O) groups is 1. The highest BCUT2D eigenvalue weighted by Gasteiger charge is 2.49. The van der Waals surface area contributed by atoms with E-state index in [1.165, 1.54) is 5.56 Å². The van der Waals surface area contributed by atoms with Gasteiger partial charge in [0.1, 0.15) is 5.75 Å². The van der Waals surface area contributed by atoms with Gasteiger partial charge in [-0.15, -0.1) is 5.10 Å². The third-order valence-electron chi connectivity index (χ3n) is 7.60. The molecule has 1 fully saturated rings. The number of nitrogens with zero attached hydrogens (tertiary/aromatic N) is 3. The maximum atomic E-state index is 12.5. The molecule has 2 aromatic carbocycles. The van der Waals surface area contributed by atoms with E-state index in [1.54, 1.807) is 36.1 Å². The number of carbonyl (C=O) groups excluding carboxylic acids is 1. The molecule has 0 bridgehead atoms. The topological polar surface area (TPSA) is 119 Å². The predicted octanol–water partition coefficient (Wildman–Crippen LogP) is 4.07. The van der Waals surface area contributed by atoms with Gasteiger partial charge in [0.15, 0.2) is 8.32 Å². The van der Waals surface area contributed by atoms with Gasteiger partial charge in [0, 0.05) is 42.6 Å². The second-order valence-corrected chi connectivity index (χ2v) is 14.9. The highest BCUT2D eigenvalue weighted by Crippen LogP contribution is 2.45. The lowest BCUT2D eigenvalue weighted by Crippen LogP contribution is -2.40. The molecule has 4 atom stereocenters. The summed E-state index contributed by atoms with van der Waals surface area (Å²) in [5.74, 6) is 0.800. The molecule has 1 amide bonds. The first-order valence-electron chi connectivity index (χ1n) is 13.6. The molecule has 39 heavy (non-hydrogen) atoms. The van der Waals surface area contributed by atoms with Crippen LogP contribution < -0.4 is 10.1 Å². The monoisotopic (exact) mass is 552 g/mol. The smallest absolute Gasteiger partial charge is 0.255 e. The van der Waals surface area contributed by atoms with Crippen LogP contribution in [0.4, 0.5) is 5.69 Å². The van der Waals surface area contributed by atoms with E-state index in [4.69, 9.17) is 14.6 Å². The number of nitrogens with one attached hydrogen (secondary N) is 1. The molecular formula is C29H40N4O5Si. The van der Waals surface area contributed by atoms with Crippen LogP contribution in [0.1, 0.15) is 41.4 Å². The normalized spacial score (nSPS) is 21.2. The maximum Gasteiger partial charge on any atom is 0.255 e. The molecule has 1 aromatic heterocycles. The van der Waals surface area contributed by atoms with Gasteiger partial charge in [-0.05, 0) is 80.2 Å². The van der Waals surface area contributed by atoms with Crippen molar-refractivity contribution in [3.8, 4) is 5.75 Å². The zero-order valence-corrected chi connectivity index (χ0v) is 24.2. The lowest BCUT2D eigenvalue weighted by Gasteiger charge is -2.30. The summed E-state index contributed by atoms with van der Waals surface area (Å²) in [6.07, 6.45) is 4.86. The molecule has 1 saturated heterocycles. The Morgan fingerprint density at radius 3 is 2.44 bits per heavy atom. The Bertz CT molecular complexity index is 1210. The molecule has 0 aliphatic carbocycles. The average Bonchev–Trinajstić information content (AvgIpc) is 3.50. The van der Waals surface area contributed by atoms with Crippen molar-refractivity contribution in [1.82, 2.24) is 15.0 Å². The van der Waals surface area contributed by atoms with Gasteiger partial charge >= 0.3 is 0 Å². The summed E-state index contributed by atoms with van der Waals surface area (Å²) >= 11 is 0. The van der Waals surface area contributed by atoms with Gasteiger partial charge in [-0.2, -0.15) is 0 Å². The van der Waals surface area contributed by atoms with Crippen LogP contribution in [0.3, 0.4) is 0 Å².